The molecule has 1 aliphatic carbocycles. The molecule has 2 fully saturated rings. The Hall–Kier alpha value is -1.10. The molecule has 0 aromatic carbocycles. The summed E-state index contributed by atoms with van der Waals surface area (Å²) in [4.78, 5) is 26.8. The number of carbonyl (C=O) groups excluding carboxylic acids is 2. The average molecular weight is 254 g/mol. The Labute approximate surface area is 108 Å². The molecule has 1 saturated carbocycles. The highest BCUT2D eigenvalue weighted by Gasteiger charge is 2.35. The first-order valence-corrected chi connectivity index (χ1v) is 6.76. The van der Waals surface area contributed by atoms with Gasteiger partial charge in [0.05, 0.1) is 12.0 Å². The van der Waals surface area contributed by atoms with Crippen LogP contribution in [0.3, 0.4) is 0 Å². The highest BCUT2D eigenvalue weighted by Crippen LogP contribution is 2.32. The van der Waals surface area contributed by atoms with Gasteiger partial charge >= 0.3 is 0 Å². The van der Waals surface area contributed by atoms with Crippen molar-refractivity contribution in [1.82, 2.24) is 9.80 Å². The fraction of sp³-hybridized carbons (Fsp3) is 0.846. The second-order valence-corrected chi connectivity index (χ2v) is 5.50. The SMILES string of the molecule is CC(=O)N1CCN(C(=O)CC2(O)CCCC2)CC1. The summed E-state index contributed by atoms with van der Waals surface area (Å²) >= 11 is 0. The van der Waals surface area contributed by atoms with Crippen LogP contribution in [-0.4, -0.2) is 58.5 Å². The number of hydrogen-bond donors (Lipinski definition) is 1. The van der Waals surface area contributed by atoms with E-state index in [1.807, 2.05) is 0 Å². The lowest BCUT2D eigenvalue weighted by atomic mass is 9.97. The third-order valence-electron chi connectivity index (χ3n) is 4.09. The van der Waals surface area contributed by atoms with Gasteiger partial charge in [-0.25, -0.2) is 0 Å². The molecule has 0 radical (unpaired) electrons. The van der Waals surface area contributed by atoms with E-state index in [2.05, 4.69) is 0 Å². The Kier molecular flexibility index (Phi) is 3.90. The number of aliphatic hydroxyl groups is 1. The summed E-state index contributed by atoms with van der Waals surface area (Å²) in [5.41, 5.74) is -0.769. The molecule has 2 aliphatic rings. The summed E-state index contributed by atoms with van der Waals surface area (Å²) in [5, 5.41) is 10.2. The third-order valence-corrected chi connectivity index (χ3v) is 4.09. The Morgan fingerprint density at radius 3 is 2.06 bits per heavy atom. The van der Waals surface area contributed by atoms with Crippen molar-refractivity contribution in [3.63, 3.8) is 0 Å². The van der Waals surface area contributed by atoms with Gasteiger partial charge in [0.25, 0.3) is 0 Å². The molecule has 2 amide bonds. The van der Waals surface area contributed by atoms with Crippen molar-refractivity contribution in [1.29, 1.82) is 0 Å². The average Bonchev–Trinajstić information content (AvgIpc) is 2.76. The van der Waals surface area contributed by atoms with Crippen LogP contribution in [0.5, 0.6) is 0 Å². The zero-order chi connectivity index (χ0) is 13.2. The molecule has 0 aromatic rings. The van der Waals surface area contributed by atoms with Gasteiger partial charge in [-0.3, -0.25) is 9.59 Å². The highest BCUT2D eigenvalue weighted by atomic mass is 16.3. The maximum absolute atomic E-state index is 12.1. The first-order chi connectivity index (χ1) is 8.50. The lowest BCUT2D eigenvalue weighted by molar-refractivity contribution is -0.141. The molecule has 0 spiro atoms. The van der Waals surface area contributed by atoms with Crippen LogP contribution in [0.15, 0.2) is 0 Å². The number of carbonyl (C=O) groups is 2. The molecular weight excluding hydrogens is 232 g/mol. The number of nitrogens with zero attached hydrogens (tertiary/aromatic N) is 2. The van der Waals surface area contributed by atoms with E-state index in [1.54, 1.807) is 16.7 Å². The summed E-state index contributed by atoms with van der Waals surface area (Å²) in [5.74, 6) is 0.0964. The maximum Gasteiger partial charge on any atom is 0.225 e. The first kappa shape index (κ1) is 13.3. The molecule has 1 heterocycles. The van der Waals surface area contributed by atoms with Crippen LogP contribution in [0.2, 0.25) is 0 Å². The largest absolute Gasteiger partial charge is 0.389 e. The molecule has 5 nitrogen and oxygen atoms in total. The van der Waals surface area contributed by atoms with Crippen molar-refractivity contribution in [3.8, 4) is 0 Å². The minimum absolute atomic E-state index is 0.0302. The Bertz CT molecular complexity index is 329. The van der Waals surface area contributed by atoms with Crippen LogP contribution in [0.25, 0.3) is 0 Å². The van der Waals surface area contributed by atoms with E-state index in [1.165, 1.54) is 0 Å². The fourth-order valence-electron chi connectivity index (χ4n) is 2.87. The van der Waals surface area contributed by atoms with E-state index in [0.717, 1.165) is 25.7 Å². The van der Waals surface area contributed by atoms with Crippen molar-refractivity contribution in [3.05, 3.63) is 0 Å². The van der Waals surface area contributed by atoms with E-state index < -0.39 is 5.60 Å². The van der Waals surface area contributed by atoms with Gasteiger partial charge < -0.3 is 14.9 Å². The molecule has 1 N–H and O–H groups in total. The van der Waals surface area contributed by atoms with Gasteiger partial charge in [-0.1, -0.05) is 12.8 Å². The molecule has 102 valence electrons. The number of hydrogen-bond acceptors (Lipinski definition) is 3. The van der Waals surface area contributed by atoms with Crippen molar-refractivity contribution in [2.24, 2.45) is 0 Å². The van der Waals surface area contributed by atoms with Gasteiger partial charge in [-0.2, -0.15) is 0 Å². The monoisotopic (exact) mass is 254 g/mol. The van der Waals surface area contributed by atoms with E-state index >= 15 is 0 Å². The standard InChI is InChI=1S/C13H22N2O3/c1-11(16)14-6-8-15(9-7-14)12(17)10-13(18)4-2-3-5-13/h18H,2-10H2,1H3. The molecule has 0 atom stereocenters. The highest BCUT2D eigenvalue weighted by molar-refractivity contribution is 5.78. The topological polar surface area (TPSA) is 60.9 Å². The molecule has 5 heteroatoms. The van der Waals surface area contributed by atoms with Crippen LogP contribution in [0, 0.1) is 0 Å². The van der Waals surface area contributed by atoms with Crippen LogP contribution >= 0.6 is 0 Å². The van der Waals surface area contributed by atoms with Crippen molar-refractivity contribution in [2.75, 3.05) is 26.2 Å². The van der Waals surface area contributed by atoms with Crippen LogP contribution in [0.1, 0.15) is 39.0 Å². The Morgan fingerprint density at radius 1 is 1.06 bits per heavy atom. The Morgan fingerprint density at radius 2 is 1.56 bits per heavy atom. The van der Waals surface area contributed by atoms with Crippen LogP contribution in [0.4, 0.5) is 0 Å². The lowest BCUT2D eigenvalue weighted by Gasteiger charge is -2.35. The summed E-state index contributed by atoms with van der Waals surface area (Å²) in [6.45, 7) is 3.96. The van der Waals surface area contributed by atoms with E-state index in [4.69, 9.17) is 0 Å². The predicted octanol–water partition coefficient (Wildman–Crippen LogP) is 0.372. The summed E-state index contributed by atoms with van der Waals surface area (Å²) in [6, 6.07) is 0. The predicted molar refractivity (Wildman–Crippen MR) is 66.9 cm³/mol. The van der Waals surface area contributed by atoms with Gasteiger partial charge in [0, 0.05) is 33.1 Å². The van der Waals surface area contributed by atoms with Crippen molar-refractivity contribution in [2.45, 2.75) is 44.6 Å². The number of amides is 2. The molecule has 18 heavy (non-hydrogen) atoms. The van der Waals surface area contributed by atoms with Gasteiger partial charge in [0.1, 0.15) is 0 Å². The zero-order valence-electron chi connectivity index (χ0n) is 11.0. The van der Waals surface area contributed by atoms with Crippen LogP contribution in [-0.2, 0) is 9.59 Å². The zero-order valence-corrected chi connectivity index (χ0v) is 11.0. The van der Waals surface area contributed by atoms with E-state index in [-0.39, 0.29) is 18.2 Å². The summed E-state index contributed by atoms with van der Waals surface area (Å²) in [7, 11) is 0. The molecule has 0 unspecified atom stereocenters. The molecule has 1 saturated heterocycles. The molecule has 0 bridgehead atoms. The maximum atomic E-state index is 12.1. The minimum atomic E-state index is -0.769. The fourth-order valence-corrected chi connectivity index (χ4v) is 2.87. The van der Waals surface area contributed by atoms with E-state index in [0.29, 0.717) is 26.2 Å². The summed E-state index contributed by atoms with van der Waals surface area (Å²) in [6.07, 6.45) is 3.76. The van der Waals surface area contributed by atoms with Gasteiger partial charge in [-0.05, 0) is 12.8 Å². The molecule has 1 aliphatic heterocycles. The molecular formula is C13H22N2O3. The number of piperazine rings is 1. The Balaban J connectivity index is 1.82. The van der Waals surface area contributed by atoms with Crippen molar-refractivity contribution < 1.29 is 14.7 Å². The quantitative estimate of drug-likeness (QED) is 0.774. The number of rotatable bonds is 2. The third kappa shape index (κ3) is 3.02. The first-order valence-electron chi connectivity index (χ1n) is 6.76. The minimum Gasteiger partial charge on any atom is -0.389 e. The second-order valence-electron chi connectivity index (χ2n) is 5.50. The van der Waals surface area contributed by atoms with Gasteiger partial charge in [-0.15, -0.1) is 0 Å². The molecule has 0 aromatic heterocycles. The second kappa shape index (κ2) is 5.26. The molecule has 2 rings (SSSR count). The smallest absolute Gasteiger partial charge is 0.225 e. The van der Waals surface area contributed by atoms with E-state index in [9.17, 15) is 14.7 Å². The normalized spacial score (nSPS) is 23.2. The van der Waals surface area contributed by atoms with Crippen molar-refractivity contribution >= 4 is 11.8 Å². The lowest BCUT2D eigenvalue weighted by Crippen LogP contribution is -2.51. The van der Waals surface area contributed by atoms with Gasteiger partial charge in [0.2, 0.25) is 11.8 Å². The van der Waals surface area contributed by atoms with Gasteiger partial charge in [0.15, 0.2) is 0 Å². The summed E-state index contributed by atoms with van der Waals surface area (Å²) < 4.78 is 0. The van der Waals surface area contributed by atoms with Crippen LogP contribution < -0.4 is 0 Å².